The molecule has 0 saturated carbocycles. The van der Waals surface area contributed by atoms with Crippen LogP contribution in [-0.2, 0) is 46.7 Å². The molecule has 0 radical (unpaired) electrons. The van der Waals surface area contributed by atoms with Crippen LogP contribution in [0.5, 0.6) is 11.5 Å². The Kier molecular flexibility index (Phi) is 34.2. The van der Waals surface area contributed by atoms with E-state index in [0.29, 0.717) is 47.2 Å². The van der Waals surface area contributed by atoms with Gasteiger partial charge in [-0.25, -0.2) is 0 Å². The van der Waals surface area contributed by atoms with Gasteiger partial charge < -0.3 is 38.4 Å². The largest absolute Gasteiger partial charge is 0.670 e. The van der Waals surface area contributed by atoms with Gasteiger partial charge in [-0.05, 0) is 120 Å². The number of hydrogen-bond donors (Lipinski definition) is 2. The predicted molar refractivity (Wildman–Crippen MR) is 526 cm³/mol. The number of hydrogen-bond acceptors (Lipinski definition) is 4. The van der Waals surface area contributed by atoms with Gasteiger partial charge in [0.1, 0.15) is 0 Å². The van der Waals surface area contributed by atoms with Crippen LogP contribution in [0, 0.1) is 6.92 Å². The Balaban J connectivity index is 0.000000161. The Bertz CT molecular complexity index is 5650. The first kappa shape index (κ1) is 94.9. The average molecular weight is 1830 g/mol. The number of phenols is 2. The quantitative estimate of drug-likeness (QED) is 0.0698. The average Bonchev–Trinajstić information content (AvgIpc) is 1.59. The topological polar surface area (TPSA) is 113 Å². The van der Waals surface area contributed by atoms with E-state index < -0.39 is 35.8 Å². The molecule has 0 aliphatic rings. The SMILES string of the molecule is CC(C)c1cccc(C(C)C)c1[N]=[Mo]=[CH]C(C)(C)c1ccccc1.CC(C)c1cccc(C(C)C)c1[N]=[Mo]=[CH]C(C)(C)c1ccccc1.Cc1ccc(C(C)C)n1-c1cccc(-n2c(C(C)C)ccc2C(C)C)c1O.Oc1c(-n2c(-c3ccccc3)ccc2-c2ccccc2)cccc1-n1c(-c2ccccc2)ccc1-c1ccccc1.c1cc[n-]c1.c1cc[n-]c1. The van der Waals surface area contributed by atoms with Gasteiger partial charge in [0.25, 0.3) is 0 Å². The van der Waals surface area contributed by atoms with Gasteiger partial charge in [-0.15, -0.1) is 0 Å². The number of para-hydroxylation sites is 2. The van der Waals surface area contributed by atoms with Gasteiger partial charge in [0, 0.05) is 22.8 Å². The van der Waals surface area contributed by atoms with Crippen LogP contribution in [0.15, 0.2) is 359 Å². The molecule has 0 unspecified atom stereocenters. The van der Waals surface area contributed by atoms with Crippen LogP contribution in [0.2, 0.25) is 0 Å². The molecule has 16 rings (SSSR count). The van der Waals surface area contributed by atoms with E-state index in [1.54, 1.807) is 24.8 Å². The Hall–Kier alpha value is -11.8. The summed E-state index contributed by atoms with van der Waals surface area (Å²) in [6.07, 6.45) is 7.00. The summed E-state index contributed by atoms with van der Waals surface area (Å²) in [5, 5.41) is 23.5. The summed E-state index contributed by atoms with van der Waals surface area (Å²) in [6, 6.07) is 113. The first-order valence-corrected chi connectivity index (χ1v) is 48.3. The summed E-state index contributed by atoms with van der Waals surface area (Å²) >= 11 is -1.11. The minimum absolute atomic E-state index is 0.0811. The number of phenolic OH excluding ortho intramolecular Hbond substituents is 2. The van der Waals surface area contributed by atoms with E-state index in [0.717, 1.165) is 73.5 Å². The molecule has 0 spiro atoms. The Morgan fingerprint density at radius 1 is 0.270 bits per heavy atom. The second-order valence-corrected chi connectivity index (χ2v) is 38.1. The monoisotopic (exact) mass is 1830 g/mol. The number of benzene rings is 10. The molecule has 0 fully saturated rings. The van der Waals surface area contributed by atoms with Crippen molar-refractivity contribution in [3.05, 3.63) is 409 Å². The van der Waals surface area contributed by atoms with Gasteiger partial charge in [0.2, 0.25) is 0 Å². The molecule has 12 heteroatoms. The second kappa shape index (κ2) is 45.4. The zero-order valence-corrected chi connectivity index (χ0v) is 81.0. The molecule has 16 aromatic rings. The third-order valence-corrected chi connectivity index (χ3v) is 27.3. The Morgan fingerprint density at radius 3 is 0.778 bits per heavy atom. The fourth-order valence-electron chi connectivity index (χ4n) is 15.5. The standard InChI is InChI=1S/C38H28N2O.C24H32N2O.2C12H17N.2C10H12.2C4H4N.2Mo/c41-38-36(39-32(28-14-5-1-6-15-28)24-25-33(39)29-16-7-2-8-17-29)22-13-23-37(38)40-34(30-18-9-3-10-19-30)26-27-35(40)31-20-11-4-12-21-31;1-15(2)19-12-11-18(7)25(19)22-9-8-10-23(24(22)27)26-20(16(3)4)13-14-21(26)17(5)6;2*1-8(2)10-6-5-7-11(9(3)4)12(10)13;2*1-10(2,3)9-7-5-4-6-8-9;2*1-2-4-5-3-1;;/h1-27,41H;8-17,27H,1-7H3;2*5-9H,1-4H3;2*1,4-8H,2-3H3;2*1-4H;;/q;;;;;;2*-1;;. The fraction of sp³-hybridized carbons (Fsp3) is 0.246. The number of aromatic nitrogens is 6. The van der Waals surface area contributed by atoms with Crippen molar-refractivity contribution in [2.75, 3.05) is 0 Å². The number of nitrogens with zero attached hydrogens (tertiary/aromatic N) is 8. The van der Waals surface area contributed by atoms with Crippen molar-refractivity contribution in [1.82, 2.24) is 28.2 Å². The summed E-state index contributed by atoms with van der Waals surface area (Å²) in [5.74, 6) is 3.72. The molecule has 0 aliphatic carbocycles. The van der Waals surface area contributed by atoms with Crippen molar-refractivity contribution in [2.45, 2.75) is 184 Å². The molecule has 0 aliphatic heterocycles. The van der Waals surface area contributed by atoms with Gasteiger partial charge in [0.05, 0.1) is 45.5 Å². The summed E-state index contributed by atoms with van der Waals surface area (Å²) < 4.78 is 23.9. The third-order valence-electron chi connectivity index (χ3n) is 22.4. The molecule has 0 amide bonds. The molecule has 0 saturated heterocycles. The van der Waals surface area contributed by atoms with E-state index in [9.17, 15) is 10.2 Å². The van der Waals surface area contributed by atoms with Crippen molar-refractivity contribution >= 4 is 20.2 Å². The van der Waals surface area contributed by atoms with Crippen LogP contribution in [-0.4, -0.2) is 37.3 Å². The van der Waals surface area contributed by atoms with E-state index in [2.05, 4.69) is 363 Å². The summed E-state index contributed by atoms with van der Waals surface area (Å²) in [6.45, 7) is 42.5. The number of aromatic hydroxyl groups is 2. The first-order chi connectivity index (χ1) is 60.7. The molecule has 0 bridgehead atoms. The van der Waals surface area contributed by atoms with E-state index in [4.69, 9.17) is 6.99 Å². The predicted octanol–water partition coefficient (Wildman–Crippen LogP) is 30.8. The zero-order chi connectivity index (χ0) is 90.0. The number of rotatable bonds is 21. The minimum Gasteiger partial charge on any atom is -0.670 e. The van der Waals surface area contributed by atoms with Crippen LogP contribution in [0.1, 0.15) is 222 Å². The van der Waals surface area contributed by atoms with Gasteiger partial charge in [-0.2, -0.15) is 24.8 Å². The van der Waals surface area contributed by atoms with E-state index in [1.807, 2.05) is 133 Å². The molecule has 6 heterocycles. The smallest absolute Gasteiger partial charge is 0.163 e. The molecule has 2 N–H and O–H groups in total. The van der Waals surface area contributed by atoms with Crippen LogP contribution in [0.4, 0.5) is 11.4 Å². The maximum absolute atomic E-state index is 12.2. The molecular weight excluding hydrogens is 1710 g/mol. The molecule has 648 valence electrons. The fourth-order valence-corrected chi connectivity index (χ4v) is 19.3. The molecule has 0 atom stereocenters. The van der Waals surface area contributed by atoms with Gasteiger partial charge >= 0.3 is 311 Å². The van der Waals surface area contributed by atoms with Gasteiger partial charge in [-0.3, -0.25) is 0 Å². The first-order valence-electron chi connectivity index (χ1n) is 44.2. The molecule has 10 aromatic carbocycles. The number of aryl methyl sites for hydroxylation is 1. The summed E-state index contributed by atoms with van der Waals surface area (Å²) in [5.41, 5.74) is 27.2. The van der Waals surface area contributed by atoms with Crippen LogP contribution in [0.3, 0.4) is 0 Å². The maximum atomic E-state index is 12.2. The second-order valence-electron chi connectivity index (χ2n) is 35.0. The third kappa shape index (κ3) is 24.0. The molecule has 126 heavy (non-hydrogen) atoms. The van der Waals surface area contributed by atoms with E-state index >= 15 is 0 Å². The van der Waals surface area contributed by atoms with Crippen molar-refractivity contribution in [3.8, 4) is 79.3 Å². The Labute approximate surface area is 767 Å². The van der Waals surface area contributed by atoms with Crippen LogP contribution >= 0.6 is 0 Å². The summed E-state index contributed by atoms with van der Waals surface area (Å²) in [7, 11) is 0. The minimum atomic E-state index is -0.553. The van der Waals surface area contributed by atoms with Crippen molar-refractivity contribution < 1.29 is 46.1 Å². The van der Waals surface area contributed by atoms with Crippen molar-refractivity contribution in [3.63, 3.8) is 0 Å². The van der Waals surface area contributed by atoms with Crippen LogP contribution < -0.4 is 9.97 Å². The van der Waals surface area contributed by atoms with Crippen LogP contribution in [0.25, 0.3) is 67.8 Å². The molecule has 10 nitrogen and oxygen atoms in total. The van der Waals surface area contributed by atoms with Gasteiger partial charge in [-0.1, -0.05) is 199 Å². The normalized spacial score (nSPS) is 11.2. The Morgan fingerprint density at radius 2 is 0.516 bits per heavy atom. The maximum Gasteiger partial charge on any atom is 0.163 e. The van der Waals surface area contributed by atoms with Crippen molar-refractivity contribution in [2.24, 2.45) is 6.99 Å². The summed E-state index contributed by atoms with van der Waals surface area (Å²) in [4.78, 5) is 7.44. The van der Waals surface area contributed by atoms with Gasteiger partial charge in [0.15, 0.2) is 11.5 Å². The zero-order valence-electron chi connectivity index (χ0n) is 77.0. The molecular formula is C114H126Mo2N8O2-2. The van der Waals surface area contributed by atoms with Crippen molar-refractivity contribution in [1.29, 1.82) is 0 Å². The van der Waals surface area contributed by atoms with E-state index in [1.165, 1.54) is 61.8 Å². The molecule has 6 aromatic heterocycles. The van der Waals surface area contributed by atoms with E-state index in [-0.39, 0.29) is 16.6 Å².